The summed E-state index contributed by atoms with van der Waals surface area (Å²) in [5.41, 5.74) is 1.33. The summed E-state index contributed by atoms with van der Waals surface area (Å²) in [4.78, 5) is 0. The third-order valence-corrected chi connectivity index (χ3v) is 4.73. The zero-order valence-corrected chi connectivity index (χ0v) is 12.3. The molecule has 0 aromatic heterocycles. The summed E-state index contributed by atoms with van der Waals surface area (Å²) < 4.78 is 6.18. The van der Waals surface area contributed by atoms with Crippen molar-refractivity contribution in [2.45, 2.75) is 45.8 Å². The van der Waals surface area contributed by atoms with Crippen LogP contribution in [0.15, 0.2) is 18.2 Å². The SMILES string of the molecule is CCC1(C)C(NC)CC1Oc1ccc(Cl)cc1C. The first kappa shape index (κ1) is 13.7. The predicted molar refractivity (Wildman–Crippen MR) is 76.5 cm³/mol. The van der Waals surface area contributed by atoms with Gasteiger partial charge in [-0.2, -0.15) is 0 Å². The highest BCUT2D eigenvalue weighted by Gasteiger charge is 2.51. The molecule has 3 unspecified atom stereocenters. The highest BCUT2D eigenvalue weighted by Crippen LogP contribution is 2.46. The third-order valence-electron chi connectivity index (χ3n) is 4.50. The molecule has 0 saturated heterocycles. The van der Waals surface area contributed by atoms with Crippen LogP contribution < -0.4 is 10.1 Å². The summed E-state index contributed by atoms with van der Waals surface area (Å²) in [5.74, 6) is 0.957. The zero-order valence-electron chi connectivity index (χ0n) is 11.6. The van der Waals surface area contributed by atoms with Crippen LogP contribution in [0.2, 0.25) is 5.02 Å². The molecule has 3 heteroatoms. The van der Waals surface area contributed by atoms with Crippen LogP contribution in [-0.2, 0) is 0 Å². The summed E-state index contributed by atoms with van der Waals surface area (Å²) in [5, 5.41) is 4.15. The zero-order chi connectivity index (χ0) is 13.3. The molecule has 1 N–H and O–H groups in total. The van der Waals surface area contributed by atoms with Gasteiger partial charge in [-0.3, -0.25) is 0 Å². The summed E-state index contributed by atoms with van der Waals surface area (Å²) >= 11 is 5.96. The highest BCUT2D eigenvalue weighted by molar-refractivity contribution is 6.30. The van der Waals surface area contributed by atoms with Crippen molar-refractivity contribution in [1.82, 2.24) is 5.32 Å². The van der Waals surface area contributed by atoms with Crippen molar-refractivity contribution in [3.05, 3.63) is 28.8 Å². The van der Waals surface area contributed by atoms with Gasteiger partial charge in [-0.15, -0.1) is 0 Å². The van der Waals surface area contributed by atoms with Crippen LogP contribution in [0.25, 0.3) is 0 Å². The summed E-state index contributed by atoms with van der Waals surface area (Å²) in [6.45, 7) is 6.57. The van der Waals surface area contributed by atoms with Gasteiger partial charge in [0.05, 0.1) is 0 Å². The van der Waals surface area contributed by atoms with E-state index in [9.17, 15) is 0 Å². The second-order valence-corrected chi connectivity index (χ2v) is 5.89. The van der Waals surface area contributed by atoms with Crippen molar-refractivity contribution >= 4 is 11.6 Å². The topological polar surface area (TPSA) is 21.3 Å². The van der Waals surface area contributed by atoms with Gasteiger partial charge in [-0.05, 0) is 44.2 Å². The van der Waals surface area contributed by atoms with Gasteiger partial charge in [0.15, 0.2) is 0 Å². The number of rotatable bonds is 4. The Balaban J connectivity index is 2.11. The molecular formula is C15H22ClNO. The number of aryl methyl sites for hydroxylation is 1. The third kappa shape index (κ3) is 2.24. The molecule has 1 saturated carbocycles. The smallest absolute Gasteiger partial charge is 0.122 e. The molecule has 1 aromatic rings. The molecule has 3 atom stereocenters. The maximum atomic E-state index is 6.18. The monoisotopic (exact) mass is 267 g/mol. The lowest BCUT2D eigenvalue weighted by atomic mass is 9.61. The van der Waals surface area contributed by atoms with Crippen LogP contribution in [0.3, 0.4) is 0 Å². The van der Waals surface area contributed by atoms with Crippen LogP contribution in [0, 0.1) is 12.3 Å². The van der Waals surface area contributed by atoms with Crippen LogP contribution in [0.1, 0.15) is 32.3 Å². The van der Waals surface area contributed by atoms with E-state index in [2.05, 4.69) is 19.2 Å². The minimum Gasteiger partial charge on any atom is -0.489 e. The van der Waals surface area contributed by atoms with Crippen LogP contribution in [0.4, 0.5) is 0 Å². The average molecular weight is 268 g/mol. The van der Waals surface area contributed by atoms with Crippen molar-refractivity contribution in [1.29, 1.82) is 0 Å². The maximum absolute atomic E-state index is 6.18. The quantitative estimate of drug-likeness (QED) is 0.896. The van der Waals surface area contributed by atoms with E-state index in [-0.39, 0.29) is 5.41 Å². The average Bonchev–Trinajstić information content (AvgIpc) is 2.35. The van der Waals surface area contributed by atoms with E-state index in [4.69, 9.17) is 16.3 Å². The largest absolute Gasteiger partial charge is 0.489 e. The minimum absolute atomic E-state index is 0.223. The molecule has 1 aliphatic carbocycles. The Morgan fingerprint density at radius 1 is 1.50 bits per heavy atom. The first-order valence-electron chi connectivity index (χ1n) is 6.61. The van der Waals surface area contributed by atoms with Crippen LogP contribution >= 0.6 is 11.6 Å². The van der Waals surface area contributed by atoms with Crippen molar-refractivity contribution in [2.24, 2.45) is 5.41 Å². The number of benzene rings is 1. The maximum Gasteiger partial charge on any atom is 0.122 e. The summed E-state index contributed by atoms with van der Waals surface area (Å²) in [6, 6.07) is 6.37. The van der Waals surface area contributed by atoms with Crippen molar-refractivity contribution in [3.8, 4) is 5.75 Å². The molecule has 2 nitrogen and oxygen atoms in total. The standard InChI is InChI=1S/C15H22ClNO/c1-5-15(3)13(17-4)9-14(15)18-12-7-6-11(16)8-10(12)2/h6-8,13-14,17H,5,9H2,1-4H3. The molecule has 0 heterocycles. The van der Waals surface area contributed by atoms with Gasteiger partial charge >= 0.3 is 0 Å². The number of ether oxygens (including phenoxy) is 1. The lowest BCUT2D eigenvalue weighted by Crippen LogP contribution is -2.62. The fourth-order valence-corrected chi connectivity index (χ4v) is 3.05. The van der Waals surface area contributed by atoms with Crippen molar-refractivity contribution < 1.29 is 4.74 Å². The van der Waals surface area contributed by atoms with E-state index in [1.165, 1.54) is 0 Å². The molecule has 1 aromatic carbocycles. The molecule has 0 amide bonds. The second-order valence-electron chi connectivity index (χ2n) is 5.45. The molecule has 0 spiro atoms. The Morgan fingerprint density at radius 2 is 2.22 bits per heavy atom. The van der Waals surface area contributed by atoms with Gasteiger partial charge in [-0.1, -0.05) is 25.4 Å². The fraction of sp³-hybridized carbons (Fsp3) is 0.600. The highest BCUT2D eigenvalue weighted by atomic mass is 35.5. The van der Waals surface area contributed by atoms with Crippen molar-refractivity contribution in [2.75, 3.05) is 7.05 Å². The number of hydrogen-bond donors (Lipinski definition) is 1. The second kappa shape index (κ2) is 5.10. The normalized spacial score (nSPS) is 30.9. The molecule has 0 aliphatic heterocycles. The number of halogens is 1. The van der Waals surface area contributed by atoms with E-state index in [0.29, 0.717) is 12.1 Å². The molecule has 100 valence electrons. The Kier molecular flexibility index (Phi) is 3.88. The molecule has 0 bridgehead atoms. The number of hydrogen-bond acceptors (Lipinski definition) is 2. The molecular weight excluding hydrogens is 246 g/mol. The van der Waals surface area contributed by atoms with Gasteiger partial charge in [0.2, 0.25) is 0 Å². The van der Waals surface area contributed by atoms with E-state index in [0.717, 1.165) is 29.2 Å². The molecule has 2 rings (SSSR count). The van der Waals surface area contributed by atoms with Gasteiger partial charge in [0.1, 0.15) is 11.9 Å². The first-order valence-corrected chi connectivity index (χ1v) is 6.99. The van der Waals surface area contributed by atoms with Gasteiger partial charge in [0, 0.05) is 22.9 Å². The lowest BCUT2D eigenvalue weighted by Gasteiger charge is -2.53. The van der Waals surface area contributed by atoms with Crippen molar-refractivity contribution in [3.63, 3.8) is 0 Å². The minimum atomic E-state index is 0.223. The Bertz CT molecular complexity index is 435. The molecule has 0 radical (unpaired) electrons. The van der Waals surface area contributed by atoms with E-state index < -0.39 is 0 Å². The number of nitrogens with one attached hydrogen (secondary N) is 1. The van der Waals surface area contributed by atoms with E-state index in [1.54, 1.807) is 0 Å². The predicted octanol–water partition coefficient (Wildman–Crippen LogP) is 3.80. The summed E-state index contributed by atoms with van der Waals surface area (Å²) in [6.07, 6.45) is 2.48. The van der Waals surface area contributed by atoms with E-state index >= 15 is 0 Å². The molecule has 1 fully saturated rings. The van der Waals surface area contributed by atoms with Gasteiger partial charge in [0.25, 0.3) is 0 Å². The molecule has 18 heavy (non-hydrogen) atoms. The van der Waals surface area contributed by atoms with Crippen LogP contribution in [-0.4, -0.2) is 19.2 Å². The molecule has 1 aliphatic rings. The summed E-state index contributed by atoms with van der Waals surface area (Å²) in [7, 11) is 2.03. The Labute approximate surface area is 115 Å². The van der Waals surface area contributed by atoms with Gasteiger partial charge < -0.3 is 10.1 Å². The van der Waals surface area contributed by atoms with Gasteiger partial charge in [-0.25, -0.2) is 0 Å². The Hall–Kier alpha value is -0.730. The Morgan fingerprint density at radius 3 is 2.78 bits per heavy atom. The lowest BCUT2D eigenvalue weighted by molar-refractivity contribution is -0.0680. The first-order chi connectivity index (χ1) is 8.51. The van der Waals surface area contributed by atoms with Crippen LogP contribution in [0.5, 0.6) is 5.75 Å². The van der Waals surface area contributed by atoms with E-state index in [1.807, 2.05) is 32.2 Å². The fourth-order valence-electron chi connectivity index (χ4n) is 2.82.